The molecule has 4 nitrogen and oxygen atoms in total. The summed E-state index contributed by atoms with van der Waals surface area (Å²) in [6, 6.07) is 9.40. The monoisotopic (exact) mass is 363 g/mol. The first-order chi connectivity index (χ1) is 11.5. The van der Waals surface area contributed by atoms with Crippen LogP contribution in [0.3, 0.4) is 0 Å². The summed E-state index contributed by atoms with van der Waals surface area (Å²) in [6.07, 6.45) is 0. The number of nitrogens with zero attached hydrogens (tertiary/aromatic N) is 3. The maximum atomic E-state index is 14.2. The lowest BCUT2D eigenvalue weighted by molar-refractivity contribution is 0.572. The van der Waals surface area contributed by atoms with Gasteiger partial charge in [-0.2, -0.15) is 5.26 Å². The van der Waals surface area contributed by atoms with Gasteiger partial charge in [0.25, 0.3) is 5.56 Å². The van der Waals surface area contributed by atoms with Gasteiger partial charge in [0.1, 0.15) is 11.6 Å². The second-order valence-corrected chi connectivity index (χ2v) is 6.12. The third-order valence-electron chi connectivity index (χ3n) is 3.22. The van der Waals surface area contributed by atoms with Gasteiger partial charge in [-0.3, -0.25) is 9.36 Å². The first-order valence-electron chi connectivity index (χ1n) is 6.69. The van der Waals surface area contributed by atoms with E-state index in [9.17, 15) is 13.6 Å². The minimum atomic E-state index is -0.904. The van der Waals surface area contributed by atoms with Crippen molar-refractivity contribution >= 4 is 34.3 Å². The molecule has 0 unspecified atom stereocenters. The molecule has 0 saturated heterocycles. The first kappa shape index (κ1) is 16.4. The van der Waals surface area contributed by atoms with Crippen LogP contribution in [0.5, 0.6) is 0 Å². The number of hydrogen-bond acceptors (Lipinski definition) is 4. The van der Waals surface area contributed by atoms with E-state index in [-0.39, 0.29) is 22.0 Å². The average Bonchev–Trinajstić information content (AvgIpc) is 2.55. The van der Waals surface area contributed by atoms with Gasteiger partial charge in [0.15, 0.2) is 5.16 Å². The number of hydrogen-bond donors (Lipinski definition) is 0. The van der Waals surface area contributed by atoms with Crippen LogP contribution in [-0.4, -0.2) is 15.3 Å². The molecule has 3 rings (SSSR count). The first-order valence-corrected chi connectivity index (χ1v) is 8.05. The Morgan fingerprint density at radius 3 is 2.75 bits per heavy atom. The molecule has 0 fully saturated rings. The smallest absolute Gasteiger partial charge is 0.266 e. The molecular weight excluding hydrogens is 356 g/mol. The van der Waals surface area contributed by atoms with Crippen LogP contribution >= 0.6 is 23.4 Å². The van der Waals surface area contributed by atoms with Crippen molar-refractivity contribution in [2.45, 2.75) is 5.16 Å². The Kier molecular flexibility index (Phi) is 4.51. The van der Waals surface area contributed by atoms with Gasteiger partial charge in [-0.1, -0.05) is 23.4 Å². The third-order valence-corrected chi connectivity index (χ3v) is 4.26. The van der Waals surface area contributed by atoms with Crippen LogP contribution in [-0.2, 0) is 0 Å². The van der Waals surface area contributed by atoms with Crippen molar-refractivity contribution < 1.29 is 8.78 Å². The van der Waals surface area contributed by atoms with E-state index in [1.807, 2.05) is 6.07 Å². The summed E-state index contributed by atoms with van der Waals surface area (Å²) < 4.78 is 28.4. The van der Waals surface area contributed by atoms with Crippen LogP contribution in [0.2, 0.25) is 5.02 Å². The van der Waals surface area contributed by atoms with E-state index >= 15 is 0 Å². The molecule has 1 heterocycles. The summed E-state index contributed by atoms with van der Waals surface area (Å²) in [5.41, 5.74) is -0.312. The molecule has 2 aromatic carbocycles. The average molecular weight is 364 g/mol. The van der Waals surface area contributed by atoms with Crippen molar-refractivity contribution in [1.29, 1.82) is 5.26 Å². The van der Waals surface area contributed by atoms with Gasteiger partial charge in [0.05, 0.1) is 28.4 Å². The Bertz CT molecular complexity index is 1050. The van der Waals surface area contributed by atoms with Gasteiger partial charge in [-0.15, -0.1) is 0 Å². The minimum absolute atomic E-state index is 0.0222. The van der Waals surface area contributed by atoms with Gasteiger partial charge in [0.2, 0.25) is 0 Å². The molecule has 0 radical (unpaired) electrons. The molecule has 0 aliphatic heterocycles. The number of benzene rings is 2. The van der Waals surface area contributed by atoms with E-state index < -0.39 is 17.2 Å². The topological polar surface area (TPSA) is 58.7 Å². The summed E-state index contributed by atoms with van der Waals surface area (Å²) in [7, 11) is 0. The fourth-order valence-corrected chi connectivity index (χ4v) is 3.05. The minimum Gasteiger partial charge on any atom is -0.268 e. The second-order valence-electron chi connectivity index (χ2n) is 4.74. The predicted molar refractivity (Wildman–Crippen MR) is 88.6 cm³/mol. The molecular formula is C16H8ClF2N3OS. The zero-order valence-corrected chi connectivity index (χ0v) is 13.5. The molecule has 0 N–H and O–H groups in total. The van der Waals surface area contributed by atoms with Gasteiger partial charge in [-0.25, -0.2) is 13.8 Å². The van der Waals surface area contributed by atoms with Crippen LogP contribution in [0.4, 0.5) is 8.78 Å². The molecule has 0 spiro atoms. The maximum absolute atomic E-state index is 14.2. The summed E-state index contributed by atoms with van der Waals surface area (Å²) in [4.78, 5) is 17.1. The van der Waals surface area contributed by atoms with E-state index in [2.05, 4.69) is 4.98 Å². The number of thioether (sulfide) groups is 1. The van der Waals surface area contributed by atoms with Crippen molar-refractivity contribution in [2.24, 2.45) is 0 Å². The Labute approximate surface area is 144 Å². The zero-order valence-electron chi connectivity index (χ0n) is 12.0. The summed E-state index contributed by atoms with van der Waals surface area (Å²) >= 11 is 6.90. The quantitative estimate of drug-likeness (QED) is 0.522. The van der Waals surface area contributed by atoms with Crippen molar-refractivity contribution in [2.75, 3.05) is 5.75 Å². The third kappa shape index (κ3) is 2.98. The number of halogens is 3. The number of fused-ring (bicyclic) bond motifs is 1. The Hall–Kier alpha value is -2.43. The van der Waals surface area contributed by atoms with Crippen molar-refractivity contribution in [3.8, 4) is 11.8 Å². The fourth-order valence-electron chi connectivity index (χ4n) is 2.21. The fraction of sp³-hybridized carbons (Fsp3) is 0.0625. The second kappa shape index (κ2) is 6.59. The molecule has 0 saturated carbocycles. The largest absolute Gasteiger partial charge is 0.268 e. The lowest BCUT2D eigenvalue weighted by atomic mass is 10.2. The van der Waals surface area contributed by atoms with Crippen molar-refractivity contribution in [3.63, 3.8) is 0 Å². The summed E-state index contributed by atoms with van der Waals surface area (Å²) in [5, 5.41) is 9.45. The van der Waals surface area contributed by atoms with E-state index in [0.717, 1.165) is 28.5 Å². The Morgan fingerprint density at radius 1 is 1.25 bits per heavy atom. The van der Waals surface area contributed by atoms with E-state index in [1.54, 1.807) is 12.1 Å². The molecule has 3 aromatic rings. The predicted octanol–water partition coefficient (Wildman–Crippen LogP) is 3.93. The standard InChI is InChI=1S/C16H8ClF2N3OS/c17-9-1-3-13-11(7-9)15(23)22(16(21-13)24-6-5-20)14-4-2-10(18)8-12(14)19/h1-4,7-8H,6H2. The molecule has 0 aliphatic rings. The highest BCUT2D eigenvalue weighted by Gasteiger charge is 2.17. The highest BCUT2D eigenvalue weighted by atomic mass is 35.5. The lowest BCUT2D eigenvalue weighted by Crippen LogP contribution is -2.23. The maximum Gasteiger partial charge on any atom is 0.266 e. The van der Waals surface area contributed by atoms with E-state index in [4.69, 9.17) is 16.9 Å². The van der Waals surface area contributed by atoms with Crippen molar-refractivity contribution in [1.82, 2.24) is 9.55 Å². The molecule has 0 aliphatic carbocycles. The highest BCUT2D eigenvalue weighted by Crippen LogP contribution is 2.24. The number of aromatic nitrogens is 2. The van der Waals surface area contributed by atoms with E-state index in [0.29, 0.717) is 16.6 Å². The normalized spacial score (nSPS) is 10.8. The zero-order chi connectivity index (χ0) is 17.3. The van der Waals surface area contributed by atoms with Gasteiger partial charge < -0.3 is 0 Å². The highest BCUT2D eigenvalue weighted by molar-refractivity contribution is 7.99. The Morgan fingerprint density at radius 2 is 2.04 bits per heavy atom. The van der Waals surface area contributed by atoms with Gasteiger partial charge >= 0.3 is 0 Å². The molecule has 24 heavy (non-hydrogen) atoms. The molecule has 8 heteroatoms. The summed E-state index contributed by atoms with van der Waals surface area (Å²) in [6.45, 7) is 0. The van der Waals surface area contributed by atoms with Crippen molar-refractivity contribution in [3.05, 3.63) is 63.4 Å². The van der Waals surface area contributed by atoms with Crippen LogP contribution in [0.25, 0.3) is 16.6 Å². The summed E-state index contributed by atoms with van der Waals surface area (Å²) in [5.74, 6) is -1.64. The van der Waals surface area contributed by atoms with Crippen LogP contribution in [0, 0.1) is 23.0 Å². The van der Waals surface area contributed by atoms with Crippen LogP contribution < -0.4 is 5.56 Å². The Balaban J connectivity index is 2.36. The SMILES string of the molecule is N#CCSc1nc2ccc(Cl)cc2c(=O)n1-c1ccc(F)cc1F. The molecule has 1 aromatic heterocycles. The number of rotatable bonds is 3. The molecule has 0 bridgehead atoms. The van der Waals surface area contributed by atoms with Gasteiger partial charge in [-0.05, 0) is 30.3 Å². The van der Waals surface area contributed by atoms with Gasteiger partial charge in [0, 0.05) is 11.1 Å². The van der Waals surface area contributed by atoms with Crippen LogP contribution in [0.1, 0.15) is 0 Å². The molecule has 120 valence electrons. The molecule has 0 atom stereocenters. The number of nitriles is 1. The molecule has 0 amide bonds. The van der Waals surface area contributed by atoms with Crippen LogP contribution in [0.15, 0.2) is 46.3 Å². The van der Waals surface area contributed by atoms with E-state index in [1.165, 1.54) is 6.07 Å². The lowest BCUT2D eigenvalue weighted by Gasteiger charge is -2.13.